The Morgan fingerprint density at radius 2 is 1.45 bits per heavy atom. The first kappa shape index (κ1) is 14.6. The molecule has 2 rings (SSSR count). The molecule has 2 N–H and O–H groups in total. The monoisotopic (exact) mass is 267 g/mol. The Hall–Kier alpha value is -1.76. The smallest absolute Gasteiger partial charge is 0.0349 e. The van der Waals surface area contributed by atoms with Crippen molar-refractivity contribution in [2.45, 2.75) is 46.0 Å². The van der Waals surface area contributed by atoms with Gasteiger partial charge in [0.05, 0.1) is 0 Å². The molecular formula is C19H25N. The van der Waals surface area contributed by atoms with Gasteiger partial charge in [-0.25, -0.2) is 0 Å². The van der Waals surface area contributed by atoms with Crippen LogP contribution in [-0.2, 0) is 18.3 Å². The molecule has 0 amide bonds. The van der Waals surface area contributed by atoms with E-state index in [1.54, 1.807) is 0 Å². The fourth-order valence-electron chi connectivity index (χ4n) is 3.13. The Bertz CT molecular complexity index is 582. The molecule has 0 aliphatic heterocycles. The molecule has 0 spiro atoms. The predicted octanol–water partition coefficient (Wildman–Crippen LogP) is 4.72. The van der Waals surface area contributed by atoms with Crippen LogP contribution in [0, 0.1) is 0 Å². The summed E-state index contributed by atoms with van der Waals surface area (Å²) in [6, 6.07) is 15.0. The van der Waals surface area contributed by atoms with Crippen LogP contribution in [0.15, 0.2) is 42.5 Å². The first-order valence-electron chi connectivity index (χ1n) is 7.48. The van der Waals surface area contributed by atoms with Gasteiger partial charge >= 0.3 is 0 Å². The summed E-state index contributed by atoms with van der Waals surface area (Å²) in [4.78, 5) is 0. The highest BCUT2D eigenvalue weighted by molar-refractivity contribution is 5.57. The second-order valence-electron chi connectivity index (χ2n) is 5.86. The number of benzene rings is 2. The molecule has 0 saturated heterocycles. The van der Waals surface area contributed by atoms with E-state index in [1.807, 2.05) is 0 Å². The number of hydrogen-bond acceptors (Lipinski definition) is 1. The molecule has 0 radical (unpaired) electrons. The van der Waals surface area contributed by atoms with Crippen molar-refractivity contribution in [2.24, 2.45) is 0 Å². The van der Waals surface area contributed by atoms with Crippen LogP contribution in [0.25, 0.3) is 0 Å². The van der Waals surface area contributed by atoms with Gasteiger partial charge in [-0.15, -0.1) is 0 Å². The minimum absolute atomic E-state index is 0.00419. The van der Waals surface area contributed by atoms with E-state index in [-0.39, 0.29) is 5.41 Å². The lowest BCUT2D eigenvalue weighted by Gasteiger charge is -2.30. The maximum Gasteiger partial charge on any atom is 0.0349 e. The van der Waals surface area contributed by atoms with E-state index in [0.717, 1.165) is 18.5 Å². The molecule has 1 heteroatoms. The normalized spacial score (nSPS) is 11.6. The Labute approximate surface area is 122 Å². The second kappa shape index (κ2) is 5.70. The van der Waals surface area contributed by atoms with Gasteiger partial charge in [0.25, 0.3) is 0 Å². The molecule has 0 aliphatic rings. The standard InChI is InChI=1S/C19H25N/c1-5-15-16(6-2)18(20)13-12-17(15)19(3,4)14-10-8-7-9-11-14/h7-13H,5-6,20H2,1-4H3. The van der Waals surface area contributed by atoms with E-state index in [4.69, 9.17) is 5.73 Å². The third-order valence-electron chi connectivity index (χ3n) is 4.34. The highest BCUT2D eigenvalue weighted by atomic mass is 14.6. The SMILES string of the molecule is CCc1c(N)ccc(C(C)(C)c2ccccc2)c1CC. The summed E-state index contributed by atoms with van der Waals surface area (Å²) in [7, 11) is 0. The summed E-state index contributed by atoms with van der Waals surface area (Å²) in [5, 5.41) is 0. The van der Waals surface area contributed by atoms with Gasteiger partial charge in [0.1, 0.15) is 0 Å². The van der Waals surface area contributed by atoms with Gasteiger partial charge in [-0.1, -0.05) is 64.1 Å². The number of hydrogen-bond donors (Lipinski definition) is 1. The molecule has 106 valence electrons. The average molecular weight is 267 g/mol. The van der Waals surface area contributed by atoms with Crippen LogP contribution in [0.3, 0.4) is 0 Å². The molecule has 0 atom stereocenters. The maximum atomic E-state index is 6.16. The van der Waals surface area contributed by atoms with E-state index >= 15 is 0 Å². The van der Waals surface area contributed by atoms with Gasteiger partial charge in [-0.3, -0.25) is 0 Å². The Balaban J connectivity index is 2.63. The molecule has 0 aliphatic carbocycles. The van der Waals surface area contributed by atoms with Crippen LogP contribution >= 0.6 is 0 Å². The lowest BCUT2D eigenvalue weighted by atomic mass is 9.74. The lowest BCUT2D eigenvalue weighted by molar-refractivity contribution is 0.631. The molecular weight excluding hydrogens is 242 g/mol. The van der Waals surface area contributed by atoms with Crippen molar-refractivity contribution < 1.29 is 0 Å². The minimum atomic E-state index is 0.00419. The highest BCUT2D eigenvalue weighted by Crippen LogP contribution is 2.36. The van der Waals surface area contributed by atoms with Gasteiger partial charge < -0.3 is 5.73 Å². The lowest BCUT2D eigenvalue weighted by Crippen LogP contribution is -2.22. The zero-order valence-corrected chi connectivity index (χ0v) is 13.0. The maximum absolute atomic E-state index is 6.16. The molecule has 2 aromatic rings. The first-order valence-corrected chi connectivity index (χ1v) is 7.48. The van der Waals surface area contributed by atoms with Gasteiger partial charge in [0.15, 0.2) is 0 Å². The summed E-state index contributed by atoms with van der Waals surface area (Å²) in [5.74, 6) is 0. The fourth-order valence-corrected chi connectivity index (χ4v) is 3.13. The summed E-state index contributed by atoms with van der Waals surface area (Å²) in [6.45, 7) is 9.00. The highest BCUT2D eigenvalue weighted by Gasteiger charge is 2.26. The topological polar surface area (TPSA) is 26.0 Å². The minimum Gasteiger partial charge on any atom is -0.398 e. The van der Waals surface area contributed by atoms with Crippen LogP contribution in [0.1, 0.15) is 49.9 Å². The molecule has 0 fully saturated rings. The predicted molar refractivity (Wildman–Crippen MR) is 88.2 cm³/mol. The van der Waals surface area contributed by atoms with Gasteiger partial charge in [-0.2, -0.15) is 0 Å². The number of nitrogens with two attached hydrogens (primary N) is 1. The average Bonchev–Trinajstić information content (AvgIpc) is 2.47. The fraction of sp³-hybridized carbons (Fsp3) is 0.368. The molecule has 0 unspecified atom stereocenters. The molecule has 20 heavy (non-hydrogen) atoms. The molecule has 0 aromatic heterocycles. The molecule has 0 saturated carbocycles. The molecule has 0 bridgehead atoms. The van der Waals surface area contributed by atoms with Crippen molar-refractivity contribution in [3.05, 3.63) is 64.7 Å². The summed E-state index contributed by atoms with van der Waals surface area (Å²) in [5.41, 5.74) is 12.6. The summed E-state index contributed by atoms with van der Waals surface area (Å²) < 4.78 is 0. The van der Waals surface area contributed by atoms with E-state index in [2.05, 4.69) is 70.2 Å². The van der Waals surface area contributed by atoms with Crippen LogP contribution < -0.4 is 5.73 Å². The van der Waals surface area contributed by atoms with E-state index in [0.29, 0.717) is 0 Å². The van der Waals surface area contributed by atoms with Crippen molar-refractivity contribution >= 4 is 5.69 Å². The van der Waals surface area contributed by atoms with Crippen LogP contribution in [0.2, 0.25) is 0 Å². The number of rotatable bonds is 4. The molecule has 0 heterocycles. The van der Waals surface area contributed by atoms with Crippen molar-refractivity contribution in [3.63, 3.8) is 0 Å². The number of nitrogen functional groups attached to an aromatic ring is 1. The van der Waals surface area contributed by atoms with Crippen LogP contribution in [0.4, 0.5) is 5.69 Å². The number of anilines is 1. The Morgan fingerprint density at radius 1 is 0.850 bits per heavy atom. The first-order chi connectivity index (χ1) is 9.52. The van der Waals surface area contributed by atoms with Gasteiger partial charge in [-0.05, 0) is 41.2 Å². The third kappa shape index (κ3) is 2.45. The van der Waals surface area contributed by atoms with E-state index in [9.17, 15) is 0 Å². The summed E-state index contributed by atoms with van der Waals surface area (Å²) in [6.07, 6.45) is 2.02. The quantitative estimate of drug-likeness (QED) is 0.797. The molecule has 2 aromatic carbocycles. The molecule has 1 nitrogen and oxygen atoms in total. The van der Waals surface area contributed by atoms with Crippen molar-refractivity contribution in [2.75, 3.05) is 5.73 Å². The Morgan fingerprint density at radius 3 is 2.00 bits per heavy atom. The van der Waals surface area contributed by atoms with Gasteiger partial charge in [0, 0.05) is 11.1 Å². The van der Waals surface area contributed by atoms with Gasteiger partial charge in [0.2, 0.25) is 0 Å². The zero-order chi connectivity index (χ0) is 14.8. The zero-order valence-electron chi connectivity index (χ0n) is 13.0. The van der Waals surface area contributed by atoms with E-state index < -0.39 is 0 Å². The van der Waals surface area contributed by atoms with Crippen LogP contribution in [0.5, 0.6) is 0 Å². The summed E-state index contributed by atoms with van der Waals surface area (Å²) >= 11 is 0. The van der Waals surface area contributed by atoms with Crippen molar-refractivity contribution in [1.82, 2.24) is 0 Å². The Kier molecular flexibility index (Phi) is 4.17. The third-order valence-corrected chi connectivity index (χ3v) is 4.34. The van der Waals surface area contributed by atoms with Crippen molar-refractivity contribution in [1.29, 1.82) is 0 Å². The van der Waals surface area contributed by atoms with Crippen molar-refractivity contribution in [3.8, 4) is 0 Å². The van der Waals surface area contributed by atoms with Crippen LogP contribution in [-0.4, -0.2) is 0 Å². The second-order valence-corrected chi connectivity index (χ2v) is 5.86. The van der Waals surface area contributed by atoms with E-state index in [1.165, 1.54) is 22.3 Å². The largest absolute Gasteiger partial charge is 0.398 e.